The van der Waals surface area contributed by atoms with E-state index in [0.29, 0.717) is 0 Å². The van der Waals surface area contributed by atoms with Crippen molar-refractivity contribution in [3.63, 3.8) is 0 Å². The first-order valence-electron chi connectivity index (χ1n) is 7.24. The van der Waals surface area contributed by atoms with E-state index in [0.717, 1.165) is 11.8 Å². The Morgan fingerprint density at radius 1 is 0.882 bits per heavy atom. The van der Waals surface area contributed by atoms with Crippen LogP contribution in [0.1, 0.15) is 55.7 Å². The fourth-order valence-electron chi connectivity index (χ4n) is 3.36. The van der Waals surface area contributed by atoms with Crippen LogP contribution in [0.4, 0.5) is 0 Å². The van der Waals surface area contributed by atoms with E-state index >= 15 is 0 Å². The Balaban J connectivity index is 1.93. The lowest BCUT2D eigenvalue weighted by molar-refractivity contribution is 0.268. The molecule has 0 heterocycles. The molecule has 94 valence electrons. The van der Waals surface area contributed by atoms with Crippen LogP contribution in [0.3, 0.4) is 0 Å². The van der Waals surface area contributed by atoms with E-state index in [4.69, 9.17) is 0 Å². The molecule has 0 radical (unpaired) electrons. The average molecular weight is 230 g/mol. The number of hydrogen-bond donors (Lipinski definition) is 0. The van der Waals surface area contributed by atoms with Gasteiger partial charge in [0.05, 0.1) is 0 Å². The first-order chi connectivity index (χ1) is 8.17. The van der Waals surface area contributed by atoms with Crippen LogP contribution in [0.5, 0.6) is 0 Å². The summed E-state index contributed by atoms with van der Waals surface area (Å²) >= 11 is 0. The van der Waals surface area contributed by atoms with Crippen molar-refractivity contribution in [1.82, 2.24) is 0 Å². The Morgan fingerprint density at radius 3 is 1.94 bits per heavy atom. The fraction of sp³-hybridized carbons (Fsp3) is 0.647. The summed E-state index contributed by atoms with van der Waals surface area (Å²) in [4.78, 5) is 0. The summed E-state index contributed by atoms with van der Waals surface area (Å²) in [6.07, 6.45) is 8.52. The minimum Gasteiger partial charge on any atom is -0.0651 e. The van der Waals surface area contributed by atoms with E-state index in [-0.39, 0.29) is 0 Å². The lowest BCUT2D eigenvalue weighted by Gasteiger charge is -2.28. The smallest absolute Gasteiger partial charge is 0.0250 e. The van der Waals surface area contributed by atoms with Gasteiger partial charge in [-0.15, -0.1) is 0 Å². The monoisotopic (exact) mass is 230 g/mol. The number of hydrogen-bond acceptors (Lipinski definition) is 0. The van der Waals surface area contributed by atoms with Crippen LogP contribution >= 0.6 is 0 Å². The summed E-state index contributed by atoms with van der Waals surface area (Å²) in [7, 11) is 0. The minimum absolute atomic E-state index is 0.944. The summed E-state index contributed by atoms with van der Waals surface area (Å²) in [5.74, 6) is 1.96. The second-order valence-corrected chi connectivity index (χ2v) is 6.00. The first-order valence-corrected chi connectivity index (χ1v) is 7.24. The molecule has 0 aromatic heterocycles. The summed E-state index contributed by atoms with van der Waals surface area (Å²) in [6.45, 7) is 6.77. The highest BCUT2D eigenvalue weighted by Gasteiger charge is 2.20. The van der Waals surface area contributed by atoms with Crippen molar-refractivity contribution in [2.45, 2.75) is 59.3 Å². The Bertz CT molecular complexity index is 336. The van der Waals surface area contributed by atoms with Crippen LogP contribution in [-0.4, -0.2) is 0 Å². The molecule has 17 heavy (non-hydrogen) atoms. The van der Waals surface area contributed by atoms with Crippen LogP contribution in [0, 0.1) is 25.7 Å². The molecule has 0 saturated heterocycles. The molecule has 1 aliphatic carbocycles. The van der Waals surface area contributed by atoms with Crippen molar-refractivity contribution in [2.24, 2.45) is 11.8 Å². The van der Waals surface area contributed by atoms with E-state index < -0.39 is 0 Å². The lowest BCUT2D eigenvalue weighted by atomic mass is 9.78. The molecule has 1 aromatic carbocycles. The topological polar surface area (TPSA) is 0 Å². The zero-order valence-corrected chi connectivity index (χ0v) is 11.6. The van der Waals surface area contributed by atoms with Gasteiger partial charge in [0.25, 0.3) is 0 Å². The maximum absolute atomic E-state index is 2.37. The van der Waals surface area contributed by atoms with E-state index in [1.807, 2.05) is 0 Å². The van der Waals surface area contributed by atoms with E-state index in [1.54, 1.807) is 5.56 Å². The predicted octanol–water partition coefficient (Wildman–Crippen LogP) is 5.06. The van der Waals surface area contributed by atoms with Gasteiger partial charge in [-0.25, -0.2) is 0 Å². The van der Waals surface area contributed by atoms with Gasteiger partial charge >= 0.3 is 0 Å². The highest BCUT2D eigenvalue weighted by molar-refractivity contribution is 5.28. The summed E-state index contributed by atoms with van der Waals surface area (Å²) in [5, 5.41) is 0. The Morgan fingerprint density at radius 2 is 1.41 bits per heavy atom. The normalized spacial score (nSPS) is 24.9. The molecule has 2 rings (SSSR count). The Hall–Kier alpha value is -0.780. The molecule has 0 heteroatoms. The largest absolute Gasteiger partial charge is 0.0651 e. The van der Waals surface area contributed by atoms with Crippen molar-refractivity contribution >= 4 is 0 Å². The summed E-state index contributed by atoms with van der Waals surface area (Å²) < 4.78 is 0. The molecule has 0 N–H and O–H groups in total. The molecule has 0 nitrogen and oxygen atoms in total. The molecular weight excluding hydrogens is 204 g/mol. The van der Waals surface area contributed by atoms with Gasteiger partial charge < -0.3 is 0 Å². The van der Waals surface area contributed by atoms with E-state index in [2.05, 4.69) is 39.0 Å². The van der Waals surface area contributed by atoms with Gasteiger partial charge in [0.2, 0.25) is 0 Å². The molecule has 1 saturated carbocycles. The SMILES string of the molecule is CCC1CCC(Cc2cc(C)cc(C)c2)CC1. The van der Waals surface area contributed by atoms with Crippen LogP contribution in [0.2, 0.25) is 0 Å². The number of benzene rings is 1. The fourth-order valence-corrected chi connectivity index (χ4v) is 3.36. The molecular formula is C17H26. The third kappa shape index (κ3) is 3.59. The third-order valence-corrected chi connectivity index (χ3v) is 4.35. The standard InChI is InChI=1S/C17H26/c1-4-15-5-7-16(8-6-15)12-17-10-13(2)9-14(3)11-17/h9-11,15-16H,4-8,12H2,1-3H3. The minimum atomic E-state index is 0.944. The van der Waals surface area contributed by atoms with Gasteiger partial charge in [-0.1, -0.05) is 55.5 Å². The van der Waals surface area contributed by atoms with Gasteiger partial charge in [0.1, 0.15) is 0 Å². The Kier molecular flexibility index (Phi) is 4.25. The molecule has 1 fully saturated rings. The van der Waals surface area contributed by atoms with Crippen LogP contribution < -0.4 is 0 Å². The summed E-state index contributed by atoms with van der Waals surface area (Å²) in [5.41, 5.74) is 4.40. The second-order valence-electron chi connectivity index (χ2n) is 6.00. The van der Waals surface area contributed by atoms with Crippen LogP contribution in [-0.2, 0) is 6.42 Å². The third-order valence-electron chi connectivity index (χ3n) is 4.35. The first kappa shape index (κ1) is 12.7. The van der Waals surface area contributed by atoms with Gasteiger partial charge in [-0.2, -0.15) is 0 Å². The average Bonchev–Trinajstić information content (AvgIpc) is 2.28. The lowest BCUT2D eigenvalue weighted by Crippen LogP contribution is -2.15. The summed E-state index contributed by atoms with van der Waals surface area (Å²) in [6, 6.07) is 7.02. The van der Waals surface area contributed by atoms with Gasteiger partial charge in [-0.3, -0.25) is 0 Å². The molecule has 0 aliphatic heterocycles. The molecule has 1 aromatic rings. The molecule has 0 amide bonds. The van der Waals surface area contributed by atoms with E-state index in [9.17, 15) is 0 Å². The molecule has 1 aliphatic rings. The maximum atomic E-state index is 2.37. The van der Waals surface area contributed by atoms with E-state index in [1.165, 1.54) is 49.7 Å². The zero-order chi connectivity index (χ0) is 12.3. The van der Waals surface area contributed by atoms with Gasteiger partial charge in [0.15, 0.2) is 0 Å². The van der Waals surface area contributed by atoms with Crippen LogP contribution in [0.25, 0.3) is 0 Å². The highest BCUT2D eigenvalue weighted by Crippen LogP contribution is 2.32. The van der Waals surface area contributed by atoms with Gasteiger partial charge in [0, 0.05) is 0 Å². The maximum Gasteiger partial charge on any atom is -0.0250 e. The number of rotatable bonds is 3. The number of aryl methyl sites for hydroxylation is 2. The van der Waals surface area contributed by atoms with Crippen molar-refractivity contribution < 1.29 is 0 Å². The second kappa shape index (κ2) is 5.71. The van der Waals surface area contributed by atoms with Gasteiger partial charge in [-0.05, 0) is 50.5 Å². The van der Waals surface area contributed by atoms with Crippen LogP contribution in [0.15, 0.2) is 18.2 Å². The quantitative estimate of drug-likeness (QED) is 0.680. The zero-order valence-electron chi connectivity index (χ0n) is 11.6. The molecule has 0 bridgehead atoms. The molecule has 0 unspecified atom stereocenters. The molecule has 0 atom stereocenters. The Labute approximate surface area is 106 Å². The van der Waals surface area contributed by atoms with Crippen molar-refractivity contribution in [3.8, 4) is 0 Å². The van der Waals surface area contributed by atoms with Crippen molar-refractivity contribution in [3.05, 3.63) is 34.9 Å². The van der Waals surface area contributed by atoms with Crippen molar-refractivity contribution in [2.75, 3.05) is 0 Å². The van der Waals surface area contributed by atoms with Crippen molar-refractivity contribution in [1.29, 1.82) is 0 Å². The molecule has 0 spiro atoms. The highest BCUT2D eigenvalue weighted by atomic mass is 14.3. The predicted molar refractivity (Wildman–Crippen MR) is 75.4 cm³/mol.